The number of hydrogen-bond donors (Lipinski definition) is 1. The van der Waals surface area contributed by atoms with Crippen LogP contribution < -0.4 is 0 Å². The van der Waals surface area contributed by atoms with E-state index in [4.69, 9.17) is 23.2 Å². The molecule has 0 saturated heterocycles. The van der Waals surface area contributed by atoms with E-state index in [2.05, 4.69) is 13.8 Å². The summed E-state index contributed by atoms with van der Waals surface area (Å²) in [6, 6.07) is 5.51. The summed E-state index contributed by atoms with van der Waals surface area (Å²) in [5.74, 6) is 0.553. The maximum Gasteiger partial charge on any atom is 0.0595 e. The second-order valence-corrected chi connectivity index (χ2v) is 5.17. The number of benzene rings is 1. The van der Waals surface area contributed by atoms with Gasteiger partial charge in [-0.15, -0.1) is 0 Å². The second-order valence-electron chi connectivity index (χ2n) is 4.36. The van der Waals surface area contributed by atoms with E-state index < -0.39 is 0 Å². The zero-order valence-electron chi connectivity index (χ0n) is 9.71. The van der Waals surface area contributed by atoms with Gasteiger partial charge in [-0.05, 0) is 36.5 Å². The van der Waals surface area contributed by atoms with Gasteiger partial charge in [0.25, 0.3) is 0 Å². The minimum atomic E-state index is -0.299. The zero-order chi connectivity index (χ0) is 12.1. The summed E-state index contributed by atoms with van der Waals surface area (Å²) in [7, 11) is 0. The fourth-order valence-corrected chi connectivity index (χ4v) is 1.97. The van der Waals surface area contributed by atoms with Gasteiger partial charge in [-0.1, -0.05) is 49.5 Å². The van der Waals surface area contributed by atoms with Crippen LogP contribution in [0.1, 0.15) is 32.3 Å². The molecular weight excluding hydrogens is 243 g/mol. The molecule has 1 aromatic rings. The van der Waals surface area contributed by atoms with Gasteiger partial charge < -0.3 is 5.11 Å². The lowest BCUT2D eigenvalue weighted by Gasteiger charge is -2.15. The first-order valence-corrected chi connectivity index (χ1v) is 6.40. The van der Waals surface area contributed by atoms with Crippen LogP contribution in [0.3, 0.4) is 0 Å². The van der Waals surface area contributed by atoms with E-state index in [1.165, 1.54) is 0 Å². The number of halogens is 2. The van der Waals surface area contributed by atoms with E-state index in [0.29, 0.717) is 22.4 Å². The molecule has 0 aromatic heterocycles. The maximum atomic E-state index is 9.89. The summed E-state index contributed by atoms with van der Waals surface area (Å²) < 4.78 is 0. The minimum Gasteiger partial charge on any atom is -0.393 e. The second kappa shape index (κ2) is 6.48. The van der Waals surface area contributed by atoms with Crippen molar-refractivity contribution in [2.45, 2.75) is 39.2 Å². The highest BCUT2D eigenvalue weighted by Gasteiger charge is 2.10. The van der Waals surface area contributed by atoms with Crippen molar-refractivity contribution < 1.29 is 5.11 Å². The van der Waals surface area contributed by atoms with Crippen LogP contribution in [0, 0.1) is 5.92 Å². The van der Waals surface area contributed by atoms with Gasteiger partial charge in [-0.3, -0.25) is 0 Å². The molecule has 0 aliphatic heterocycles. The van der Waals surface area contributed by atoms with E-state index in [1.54, 1.807) is 6.07 Å². The standard InChI is InChI=1S/C13H18Cl2O/c1-3-9(2)6-11(16)7-10-4-5-12(14)13(15)8-10/h4-5,8-9,11,16H,3,6-7H2,1-2H3. The van der Waals surface area contributed by atoms with Crippen LogP contribution in [-0.4, -0.2) is 11.2 Å². The minimum absolute atomic E-state index is 0.299. The summed E-state index contributed by atoms with van der Waals surface area (Å²) >= 11 is 11.7. The molecule has 0 fully saturated rings. The van der Waals surface area contributed by atoms with Gasteiger partial charge in [0.1, 0.15) is 0 Å². The topological polar surface area (TPSA) is 20.2 Å². The van der Waals surface area contributed by atoms with E-state index in [-0.39, 0.29) is 6.10 Å². The Hall–Kier alpha value is -0.240. The number of aliphatic hydroxyl groups excluding tert-OH is 1. The van der Waals surface area contributed by atoms with Crippen molar-refractivity contribution in [3.05, 3.63) is 33.8 Å². The monoisotopic (exact) mass is 260 g/mol. The van der Waals surface area contributed by atoms with E-state index in [9.17, 15) is 5.11 Å². The van der Waals surface area contributed by atoms with Gasteiger partial charge in [0.05, 0.1) is 16.1 Å². The summed E-state index contributed by atoms with van der Waals surface area (Å²) in [4.78, 5) is 0. The van der Waals surface area contributed by atoms with E-state index in [1.807, 2.05) is 12.1 Å². The fourth-order valence-electron chi connectivity index (χ4n) is 1.65. The lowest BCUT2D eigenvalue weighted by atomic mass is 9.97. The third kappa shape index (κ3) is 4.32. The molecule has 3 heteroatoms. The molecule has 0 saturated carbocycles. The predicted molar refractivity (Wildman–Crippen MR) is 70.2 cm³/mol. The van der Waals surface area contributed by atoms with E-state index in [0.717, 1.165) is 18.4 Å². The average molecular weight is 261 g/mol. The van der Waals surface area contributed by atoms with Gasteiger partial charge in [-0.2, -0.15) is 0 Å². The third-order valence-corrected chi connectivity index (χ3v) is 3.57. The van der Waals surface area contributed by atoms with Crippen molar-refractivity contribution in [3.63, 3.8) is 0 Å². The smallest absolute Gasteiger partial charge is 0.0595 e. The molecule has 0 bridgehead atoms. The summed E-state index contributed by atoms with van der Waals surface area (Å²) in [6.45, 7) is 4.29. The third-order valence-electron chi connectivity index (χ3n) is 2.83. The highest BCUT2D eigenvalue weighted by Crippen LogP contribution is 2.24. The molecule has 0 spiro atoms. The Morgan fingerprint density at radius 1 is 1.25 bits per heavy atom. The summed E-state index contributed by atoms with van der Waals surface area (Å²) in [5.41, 5.74) is 1.03. The predicted octanol–water partition coefficient (Wildman–Crippen LogP) is 4.33. The molecule has 1 N–H and O–H groups in total. The zero-order valence-corrected chi connectivity index (χ0v) is 11.2. The largest absolute Gasteiger partial charge is 0.393 e. The number of aliphatic hydroxyl groups is 1. The van der Waals surface area contributed by atoms with Crippen molar-refractivity contribution in [3.8, 4) is 0 Å². The number of rotatable bonds is 5. The lowest BCUT2D eigenvalue weighted by Crippen LogP contribution is -2.14. The van der Waals surface area contributed by atoms with Crippen LogP contribution in [0.5, 0.6) is 0 Å². The van der Waals surface area contributed by atoms with Gasteiger partial charge in [0.2, 0.25) is 0 Å². The summed E-state index contributed by atoms with van der Waals surface area (Å²) in [6.07, 6.45) is 2.27. The van der Waals surface area contributed by atoms with Crippen LogP contribution in [-0.2, 0) is 6.42 Å². The molecule has 16 heavy (non-hydrogen) atoms. The SMILES string of the molecule is CCC(C)CC(O)Cc1ccc(Cl)c(Cl)c1. The molecular formula is C13H18Cl2O. The Kier molecular flexibility index (Phi) is 5.60. The molecule has 0 amide bonds. The number of hydrogen-bond acceptors (Lipinski definition) is 1. The Morgan fingerprint density at radius 2 is 1.94 bits per heavy atom. The molecule has 90 valence electrons. The molecule has 1 nitrogen and oxygen atoms in total. The first-order valence-electron chi connectivity index (χ1n) is 5.65. The molecule has 0 aliphatic carbocycles. The van der Waals surface area contributed by atoms with Crippen molar-refractivity contribution in [1.29, 1.82) is 0 Å². The van der Waals surface area contributed by atoms with Crippen molar-refractivity contribution in [2.75, 3.05) is 0 Å². The Bertz CT molecular complexity index is 339. The molecule has 0 radical (unpaired) electrons. The highest BCUT2D eigenvalue weighted by atomic mass is 35.5. The Morgan fingerprint density at radius 3 is 2.50 bits per heavy atom. The van der Waals surface area contributed by atoms with Gasteiger partial charge >= 0.3 is 0 Å². The molecule has 2 unspecified atom stereocenters. The van der Waals surface area contributed by atoms with Crippen LogP contribution in [0.2, 0.25) is 10.0 Å². The quantitative estimate of drug-likeness (QED) is 0.836. The van der Waals surface area contributed by atoms with Gasteiger partial charge in [-0.25, -0.2) is 0 Å². The molecule has 0 heterocycles. The van der Waals surface area contributed by atoms with Crippen LogP contribution in [0.25, 0.3) is 0 Å². The summed E-state index contributed by atoms with van der Waals surface area (Å²) in [5, 5.41) is 11.0. The lowest BCUT2D eigenvalue weighted by molar-refractivity contribution is 0.144. The fraction of sp³-hybridized carbons (Fsp3) is 0.538. The van der Waals surface area contributed by atoms with Crippen LogP contribution >= 0.6 is 23.2 Å². The maximum absolute atomic E-state index is 9.89. The molecule has 0 aliphatic rings. The molecule has 1 aromatic carbocycles. The average Bonchev–Trinajstić information content (AvgIpc) is 2.23. The van der Waals surface area contributed by atoms with E-state index >= 15 is 0 Å². The van der Waals surface area contributed by atoms with Crippen molar-refractivity contribution >= 4 is 23.2 Å². The molecule has 1 rings (SSSR count). The van der Waals surface area contributed by atoms with Gasteiger partial charge in [0, 0.05) is 0 Å². The van der Waals surface area contributed by atoms with Gasteiger partial charge in [0.15, 0.2) is 0 Å². The van der Waals surface area contributed by atoms with Crippen LogP contribution in [0.15, 0.2) is 18.2 Å². The van der Waals surface area contributed by atoms with Crippen LogP contribution in [0.4, 0.5) is 0 Å². The Balaban J connectivity index is 2.56. The van der Waals surface area contributed by atoms with Crippen molar-refractivity contribution in [2.24, 2.45) is 5.92 Å². The van der Waals surface area contributed by atoms with Crippen molar-refractivity contribution in [1.82, 2.24) is 0 Å². The first kappa shape index (κ1) is 13.8. The first-order chi connectivity index (χ1) is 7.52. The highest BCUT2D eigenvalue weighted by molar-refractivity contribution is 6.42. The normalized spacial score (nSPS) is 14.8. The molecule has 2 atom stereocenters. The Labute approximate surface area is 107 Å².